The van der Waals surface area contributed by atoms with Gasteiger partial charge >= 0.3 is 0 Å². The van der Waals surface area contributed by atoms with Gasteiger partial charge in [-0.25, -0.2) is 14.7 Å². The Hall–Kier alpha value is -5.57. The number of nitrogens with one attached hydrogen (secondary N) is 1. The van der Waals surface area contributed by atoms with Gasteiger partial charge in [0.05, 0.1) is 39.4 Å². The van der Waals surface area contributed by atoms with Gasteiger partial charge < -0.3 is 10.2 Å². The third-order valence-electron chi connectivity index (χ3n) is 7.66. The van der Waals surface area contributed by atoms with Crippen LogP contribution in [0.1, 0.15) is 34.0 Å². The molecular formula is C33H27N7O2. The number of nitro groups is 1. The van der Waals surface area contributed by atoms with E-state index in [-0.39, 0.29) is 10.6 Å². The second-order valence-electron chi connectivity index (χ2n) is 10.5. The van der Waals surface area contributed by atoms with Gasteiger partial charge in [-0.3, -0.25) is 10.1 Å². The van der Waals surface area contributed by atoms with Crippen molar-refractivity contribution in [2.75, 3.05) is 10.2 Å². The highest BCUT2D eigenvalue weighted by Gasteiger charge is 2.42. The second-order valence-corrected chi connectivity index (χ2v) is 10.5. The van der Waals surface area contributed by atoms with Crippen molar-refractivity contribution in [3.05, 3.63) is 135 Å². The van der Waals surface area contributed by atoms with Crippen molar-refractivity contribution in [1.82, 2.24) is 9.78 Å². The molecule has 0 fully saturated rings. The Balaban J connectivity index is 1.54. The van der Waals surface area contributed by atoms with Gasteiger partial charge in [-0.1, -0.05) is 60.2 Å². The maximum atomic E-state index is 11.9. The van der Waals surface area contributed by atoms with Gasteiger partial charge in [0.25, 0.3) is 5.69 Å². The fourth-order valence-electron chi connectivity index (χ4n) is 5.76. The van der Waals surface area contributed by atoms with Crippen LogP contribution in [0.15, 0.2) is 107 Å². The van der Waals surface area contributed by atoms with Crippen LogP contribution in [0.3, 0.4) is 0 Å². The SMILES string of the molecule is Cc1ccc(N=C2Nc3ccccc3N3C2=Nc2c(c(C)nn2-c2ccccc2)[C@@H]3c2cccc([N+](=O)[O-])c2)c(C)c1. The number of rotatable bonds is 4. The van der Waals surface area contributed by atoms with Gasteiger partial charge in [0, 0.05) is 17.7 Å². The first kappa shape index (κ1) is 25.4. The third kappa shape index (κ3) is 4.14. The number of aliphatic imine (C=N–C) groups is 2. The van der Waals surface area contributed by atoms with Crippen LogP contribution in [-0.4, -0.2) is 26.4 Å². The van der Waals surface area contributed by atoms with E-state index in [9.17, 15) is 10.1 Å². The predicted molar refractivity (Wildman–Crippen MR) is 166 cm³/mol. The van der Waals surface area contributed by atoms with Crippen molar-refractivity contribution < 1.29 is 4.92 Å². The van der Waals surface area contributed by atoms with E-state index in [1.54, 1.807) is 12.1 Å². The number of fused-ring (bicyclic) bond motifs is 4. The van der Waals surface area contributed by atoms with Crippen LogP contribution in [-0.2, 0) is 0 Å². The quantitative estimate of drug-likeness (QED) is 0.183. The van der Waals surface area contributed by atoms with Crippen LogP contribution in [0, 0.1) is 30.9 Å². The fourth-order valence-corrected chi connectivity index (χ4v) is 5.76. The van der Waals surface area contributed by atoms with Gasteiger partial charge in [0.1, 0.15) is 0 Å². The zero-order chi connectivity index (χ0) is 29.0. The van der Waals surface area contributed by atoms with E-state index < -0.39 is 6.04 Å². The Morgan fingerprint density at radius 2 is 1.69 bits per heavy atom. The van der Waals surface area contributed by atoms with Crippen molar-refractivity contribution in [3.8, 4) is 5.69 Å². The number of para-hydroxylation sites is 3. The van der Waals surface area contributed by atoms with Gasteiger partial charge in [0.15, 0.2) is 17.5 Å². The summed E-state index contributed by atoms with van der Waals surface area (Å²) in [6.07, 6.45) is 0. The summed E-state index contributed by atoms with van der Waals surface area (Å²) in [6, 6.07) is 30.4. The van der Waals surface area contributed by atoms with Crippen LogP contribution in [0.5, 0.6) is 0 Å². The smallest absolute Gasteiger partial charge is 0.269 e. The molecular weight excluding hydrogens is 526 g/mol. The van der Waals surface area contributed by atoms with Crippen LogP contribution in [0.2, 0.25) is 0 Å². The first-order valence-corrected chi connectivity index (χ1v) is 13.7. The number of hydrogen-bond acceptors (Lipinski definition) is 6. The van der Waals surface area contributed by atoms with Gasteiger partial charge in [-0.15, -0.1) is 0 Å². The number of hydrogen-bond donors (Lipinski definition) is 1. The number of anilines is 2. The molecule has 5 aromatic rings. The normalized spacial score (nSPS) is 16.3. The summed E-state index contributed by atoms with van der Waals surface area (Å²) in [7, 11) is 0. The van der Waals surface area contributed by atoms with Gasteiger partial charge in [-0.2, -0.15) is 5.10 Å². The average molecular weight is 554 g/mol. The van der Waals surface area contributed by atoms with E-state index in [0.717, 1.165) is 50.7 Å². The van der Waals surface area contributed by atoms with Gasteiger partial charge in [0.2, 0.25) is 0 Å². The first-order valence-electron chi connectivity index (χ1n) is 13.7. The Kier molecular flexibility index (Phi) is 5.93. The number of amidine groups is 2. The summed E-state index contributed by atoms with van der Waals surface area (Å²) in [5.74, 6) is 1.85. The summed E-state index contributed by atoms with van der Waals surface area (Å²) in [5, 5.41) is 20.3. The average Bonchev–Trinajstić information content (AvgIpc) is 3.33. The van der Waals surface area contributed by atoms with Crippen molar-refractivity contribution in [2.24, 2.45) is 9.98 Å². The zero-order valence-electron chi connectivity index (χ0n) is 23.3. The maximum absolute atomic E-state index is 11.9. The summed E-state index contributed by atoms with van der Waals surface area (Å²) in [4.78, 5) is 23.9. The molecule has 2 aliphatic rings. The first-order chi connectivity index (χ1) is 20.4. The molecule has 1 atom stereocenters. The molecule has 9 nitrogen and oxygen atoms in total. The van der Waals surface area contributed by atoms with E-state index in [4.69, 9.17) is 15.1 Å². The zero-order valence-corrected chi connectivity index (χ0v) is 23.3. The molecule has 0 saturated carbocycles. The molecule has 7 rings (SSSR count). The molecule has 42 heavy (non-hydrogen) atoms. The molecule has 0 radical (unpaired) electrons. The van der Waals surface area contributed by atoms with Crippen molar-refractivity contribution >= 4 is 40.2 Å². The van der Waals surface area contributed by atoms with Crippen molar-refractivity contribution in [2.45, 2.75) is 26.8 Å². The van der Waals surface area contributed by atoms with Crippen LogP contribution in [0.4, 0.5) is 28.6 Å². The fraction of sp³-hybridized carbons (Fsp3) is 0.121. The Morgan fingerprint density at radius 3 is 2.48 bits per heavy atom. The van der Waals surface area contributed by atoms with Crippen molar-refractivity contribution in [1.29, 1.82) is 0 Å². The predicted octanol–water partition coefficient (Wildman–Crippen LogP) is 7.50. The summed E-state index contributed by atoms with van der Waals surface area (Å²) in [5.41, 5.74) is 8.12. The van der Waals surface area contributed by atoms with E-state index in [1.807, 2.05) is 91.3 Å². The molecule has 206 valence electrons. The highest BCUT2D eigenvalue weighted by molar-refractivity contribution is 6.52. The molecule has 0 unspecified atom stereocenters. The third-order valence-corrected chi connectivity index (χ3v) is 7.66. The number of benzene rings is 4. The van der Waals surface area contributed by atoms with Crippen LogP contribution < -0.4 is 10.2 Å². The second kappa shape index (κ2) is 9.81. The van der Waals surface area contributed by atoms with E-state index >= 15 is 0 Å². The highest BCUT2D eigenvalue weighted by atomic mass is 16.6. The standard InChI is InChI=1S/C33H27N7O2/c1-20-16-17-26(21(2)18-20)34-31-33-36-32-29(22(3)37-39(32)24-11-5-4-6-12-24)30(23-10-9-13-25(19-23)40(41)42)38(33)28-15-8-7-14-27(28)35-31/h4-19,30H,1-3H3,(H,34,35)/t30-/m0/s1. The van der Waals surface area contributed by atoms with Gasteiger partial charge in [-0.05, 0) is 62.2 Å². The summed E-state index contributed by atoms with van der Waals surface area (Å²) >= 11 is 0. The summed E-state index contributed by atoms with van der Waals surface area (Å²) in [6.45, 7) is 6.06. The maximum Gasteiger partial charge on any atom is 0.269 e. The molecule has 0 amide bonds. The largest absolute Gasteiger partial charge is 0.335 e. The van der Waals surface area contributed by atoms with Crippen LogP contribution in [0.25, 0.3) is 5.69 Å². The molecule has 2 aliphatic heterocycles. The molecule has 4 aromatic carbocycles. The number of aryl methyl sites for hydroxylation is 3. The Bertz CT molecular complexity index is 1940. The number of non-ortho nitro benzene ring substituents is 1. The lowest BCUT2D eigenvalue weighted by molar-refractivity contribution is -0.384. The molecule has 3 heterocycles. The topological polar surface area (TPSA) is 101 Å². The molecule has 0 spiro atoms. The molecule has 1 aromatic heterocycles. The van der Waals surface area contributed by atoms with E-state index in [0.29, 0.717) is 17.5 Å². The number of nitrogens with zero attached hydrogens (tertiary/aromatic N) is 6. The summed E-state index contributed by atoms with van der Waals surface area (Å²) < 4.78 is 1.84. The minimum absolute atomic E-state index is 0.0267. The lowest BCUT2D eigenvalue weighted by Crippen LogP contribution is -2.48. The van der Waals surface area contributed by atoms with E-state index in [2.05, 4.69) is 23.2 Å². The van der Waals surface area contributed by atoms with Crippen LogP contribution >= 0.6 is 0 Å². The number of nitro benzene ring substituents is 1. The molecule has 0 bridgehead atoms. The molecule has 0 aliphatic carbocycles. The van der Waals surface area contributed by atoms with Crippen molar-refractivity contribution in [3.63, 3.8) is 0 Å². The molecule has 1 N–H and O–H groups in total. The minimum Gasteiger partial charge on any atom is -0.335 e. The highest BCUT2D eigenvalue weighted by Crippen LogP contribution is 2.48. The minimum atomic E-state index is -0.447. The Morgan fingerprint density at radius 1 is 0.905 bits per heavy atom. The lowest BCUT2D eigenvalue weighted by atomic mass is 9.93. The van der Waals surface area contributed by atoms with E-state index in [1.165, 1.54) is 6.07 Å². The Labute approximate surface area is 242 Å². The molecule has 0 saturated heterocycles. The lowest BCUT2D eigenvalue weighted by Gasteiger charge is -2.41. The number of aromatic nitrogens is 2. The monoisotopic (exact) mass is 553 g/mol. The molecule has 9 heteroatoms.